The molecule has 3 aliphatic carbocycles. The number of hydrogen-bond donors (Lipinski definition) is 1. The topological polar surface area (TPSA) is 47.9 Å². The summed E-state index contributed by atoms with van der Waals surface area (Å²) >= 11 is 0. The summed E-state index contributed by atoms with van der Waals surface area (Å²) in [6, 6.07) is 4.21. The second-order valence-corrected chi connectivity index (χ2v) is 6.98. The first-order valence-corrected chi connectivity index (χ1v) is 8.10. The third-order valence-electron chi connectivity index (χ3n) is 6.19. The van der Waals surface area contributed by atoms with Gasteiger partial charge in [0.25, 0.3) is 0 Å². The van der Waals surface area contributed by atoms with Crippen LogP contribution in [0.2, 0.25) is 0 Å². The van der Waals surface area contributed by atoms with E-state index in [-0.39, 0.29) is 11.3 Å². The van der Waals surface area contributed by atoms with E-state index in [4.69, 9.17) is 14.2 Å². The first kappa shape index (κ1) is 12.8. The van der Waals surface area contributed by atoms with E-state index in [1.807, 2.05) is 0 Å². The SMILES string of the molecule is COC1=C[C@]23CCCC2Cc2cc4c(cc2[C@H]3C1O)OCO4. The molecule has 1 N–H and O–H groups in total. The van der Waals surface area contributed by atoms with Crippen LogP contribution in [0.3, 0.4) is 0 Å². The van der Waals surface area contributed by atoms with E-state index in [0.717, 1.165) is 30.1 Å². The highest BCUT2D eigenvalue weighted by molar-refractivity contribution is 5.54. The molecule has 1 saturated carbocycles. The molecule has 0 bridgehead atoms. The highest BCUT2D eigenvalue weighted by atomic mass is 16.7. The van der Waals surface area contributed by atoms with E-state index in [9.17, 15) is 5.11 Å². The molecule has 116 valence electrons. The summed E-state index contributed by atoms with van der Waals surface area (Å²) in [6.45, 7) is 0.293. The standard InChI is InChI=1S/C18H20O4/c1-20-15-8-18-4-2-3-11(18)5-10-6-13-14(22-9-21-13)7-12(10)16(18)17(15)19/h6-8,11,16-17,19H,2-5,9H2,1H3/t11?,16-,17?,18+/m0/s1. The number of rotatable bonds is 1. The Morgan fingerprint density at radius 3 is 2.91 bits per heavy atom. The average Bonchev–Trinajstić information content (AvgIpc) is 3.19. The summed E-state index contributed by atoms with van der Waals surface area (Å²) in [5, 5.41) is 10.9. The minimum Gasteiger partial charge on any atom is -0.499 e. The molecule has 0 amide bonds. The number of benzene rings is 1. The van der Waals surface area contributed by atoms with E-state index in [1.54, 1.807) is 7.11 Å². The number of ether oxygens (including phenoxy) is 3. The fraction of sp³-hybridized carbons (Fsp3) is 0.556. The molecule has 1 spiro atoms. The molecule has 0 radical (unpaired) electrons. The zero-order valence-electron chi connectivity index (χ0n) is 12.7. The Balaban J connectivity index is 1.70. The summed E-state index contributed by atoms with van der Waals surface area (Å²) < 4.78 is 16.6. The quantitative estimate of drug-likeness (QED) is 0.866. The number of fused-ring (bicyclic) bond motifs is 3. The molecule has 1 fully saturated rings. The number of aliphatic hydroxyl groups is 1. The Morgan fingerprint density at radius 1 is 1.27 bits per heavy atom. The smallest absolute Gasteiger partial charge is 0.231 e. The third kappa shape index (κ3) is 1.42. The molecule has 4 heteroatoms. The molecule has 4 aliphatic rings. The van der Waals surface area contributed by atoms with Crippen LogP contribution in [-0.4, -0.2) is 25.1 Å². The van der Waals surface area contributed by atoms with Crippen molar-refractivity contribution < 1.29 is 19.3 Å². The lowest BCUT2D eigenvalue weighted by atomic mass is 9.61. The van der Waals surface area contributed by atoms with Crippen LogP contribution in [0.1, 0.15) is 36.3 Å². The van der Waals surface area contributed by atoms with Gasteiger partial charge in [-0.05, 0) is 54.5 Å². The van der Waals surface area contributed by atoms with Crippen molar-refractivity contribution in [2.75, 3.05) is 13.9 Å². The molecule has 0 aromatic heterocycles. The summed E-state index contributed by atoms with van der Waals surface area (Å²) in [4.78, 5) is 0. The van der Waals surface area contributed by atoms with Gasteiger partial charge in [-0.15, -0.1) is 0 Å². The van der Waals surface area contributed by atoms with Gasteiger partial charge in [-0.3, -0.25) is 0 Å². The zero-order valence-corrected chi connectivity index (χ0v) is 12.7. The van der Waals surface area contributed by atoms with Crippen LogP contribution in [0.5, 0.6) is 11.5 Å². The maximum Gasteiger partial charge on any atom is 0.231 e. The summed E-state index contributed by atoms with van der Waals surface area (Å²) in [5.74, 6) is 3.07. The molecule has 1 heterocycles. The molecule has 1 aromatic carbocycles. The van der Waals surface area contributed by atoms with Gasteiger partial charge in [0, 0.05) is 11.3 Å². The largest absolute Gasteiger partial charge is 0.499 e. The van der Waals surface area contributed by atoms with Crippen molar-refractivity contribution in [1.82, 2.24) is 0 Å². The molecule has 5 rings (SSSR count). The molecule has 1 aromatic rings. The average molecular weight is 300 g/mol. The predicted molar refractivity (Wildman–Crippen MR) is 79.9 cm³/mol. The van der Waals surface area contributed by atoms with Gasteiger partial charge in [-0.2, -0.15) is 0 Å². The Morgan fingerprint density at radius 2 is 2.09 bits per heavy atom. The van der Waals surface area contributed by atoms with Crippen molar-refractivity contribution in [2.45, 2.75) is 37.7 Å². The first-order valence-electron chi connectivity index (χ1n) is 8.10. The van der Waals surface area contributed by atoms with Gasteiger partial charge < -0.3 is 19.3 Å². The Hall–Kier alpha value is -1.68. The number of allylic oxidation sites excluding steroid dienone is 1. The summed E-state index contributed by atoms with van der Waals surface area (Å²) in [7, 11) is 1.66. The fourth-order valence-electron chi connectivity index (χ4n) is 5.29. The van der Waals surface area contributed by atoms with Gasteiger partial charge in [-0.25, -0.2) is 0 Å². The summed E-state index contributed by atoms with van der Waals surface area (Å²) in [5.41, 5.74) is 2.59. The van der Waals surface area contributed by atoms with Crippen LogP contribution >= 0.6 is 0 Å². The van der Waals surface area contributed by atoms with Gasteiger partial charge in [0.05, 0.1) is 7.11 Å². The van der Waals surface area contributed by atoms with E-state index >= 15 is 0 Å². The van der Waals surface area contributed by atoms with Crippen molar-refractivity contribution in [2.24, 2.45) is 11.3 Å². The second kappa shape index (κ2) is 4.19. The molecular formula is C18H20O4. The molecule has 0 saturated heterocycles. The van der Waals surface area contributed by atoms with Gasteiger partial charge in [-0.1, -0.05) is 6.42 Å². The fourth-order valence-corrected chi connectivity index (χ4v) is 5.29. The number of aliphatic hydroxyl groups excluding tert-OH is 1. The molecule has 1 aliphatic heterocycles. The van der Waals surface area contributed by atoms with E-state index in [1.165, 1.54) is 24.0 Å². The lowest BCUT2D eigenvalue weighted by Crippen LogP contribution is -2.38. The zero-order chi connectivity index (χ0) is 14.9. The van der Waals surface area contributed by atoms with Crippen molar-refractivity contribution in [3.8, 4) is 11.5 Å². The molecule has 22 heavy (non-hydrogen) atoms. The normalized spacial score (nSPS) is 37.4. The number of hydrogen-bond acceptors (Lipinski definition) is 4. The predicted octanol–water partition coefficient (Wildman–Crippen LogP) is 2.75. The van der Waals surface area contributed by atoms with E-state index in [0.29, 0.717) is 12.7 Å². The summed E-state index contributed by atoms with van der Waals surface area (Å²) in [6.07, 6.45) is 6.33. The van der Waals surface area contributed by atoms with Crippen molar-refractivity contribution >= 4 is 0 Å². The highest BCUT2D eigenvalue weighted by Gasteiger charge is 2.58. The van der Waals surface area contributed by atoms with Crippen LogP contribution in [0.4, 0.5) is 0 Å². The second-order valence-electron chi connectivity index (χ2n) is 6.98. The maximum absolute atomic E-state index is 10.9. The number of methoxy groups -OCH3 is 1. The molecular weight excluding hydrogens is 280 g/mol. The lowest BCUT2D eigenvalue weighted by Gasteiger charge is -2.43. The van der Waals surface area contributed by atoms with Crippen LogP contribution in [0.15, 0.2) is 24.0 Å². The van der Waals surface area contributed by atoms with Crippen molar-refractivity contribution in [3.05, 3.63) is 35.1 Å². The Labute approximate surface area is 129 Å². The van der Waals surface area contributed by atoms with Crippen LogP contribution in [0, 0.1) is 11.3 Å². The van der Waals surface area contributed by atoms with Gasteiger partial charge in [0.1, 0.15) is 11.9 Å². The van der Waals surface area contributed by atoms with Gasteiger partial charge in [0.15, 0.2) is 11.5 Å². The van der Waals surface area contributed by atoms with Crippen LogP contribution in [-0.2, 0) is 11.2 Å². The Bertz CT molecular complexity index is 680. The monoisotopic (exact) mass is 300 g/mol. The first-order chi connectivity index (χ1) is 10.7. The minimum atomic E-state index is -0.551. The lowest BCUT2D eigenvalue weighted by molar-refractivity contribution is 0.0761. The maximum atomic E-state index is 10.9. The highest BCUT2D eigenvalue weighted by Crippen LogP contribution is 2.64. The molecule has 2 unspecified atom stereocenters. The van der Waals surface area contributed by atoms with Crippen LogP contribution in [0.25, 0.3) is 0 Å². The van der Waals surface area contributed by atoms with Gasteiger partial charge in [0.2, 0.25) is 6.79 Å². The van der Waals surface area contributed by atoms with Crippen molar-refractivity contribution in [3.63, 3.8) is 0 Å². The Kier molecular flexibility index (Phi) is 2.44. The van der Waals surface area contributed by atoms with Crippen LogP contribution < -0.4 is 9.47 Å². The van der Waals surface area contributed by atoms with Gasteiger partial charge >= 0.3 is 0 Å². The van der Waals surface area contributed by atoms with E-state index in [2.05, 4.69) is 18.2 Å². The third-order valence-corrected chi connectivity index (χ3v) is 6.19. The van der Waals surface area contributed by atoms with E-state index < -0.39 is 6.10 Å². The molecule has 4 atom stereocenters. The van der Waals surface area contributed by atoms with Crippen molar-refractivity contribution in [1.29, 1.82) is 0 Å². The minimum absolute atomic E-state index is 0.0610. The molecule has 4 nitrogen and oxygen atoms in total.